The molecule has 0 fully saturated rings. The Bertz CT molecular complexity index is 137. The lowest BCUT2D eigenvalue weighted by atomic mass is 10.1. The molecule has 44 valence electrons. The molecule has 0 aliphatic heterocycles. The molecule has 1 aliphatic carbocycles. The molecule has 0 saturated carbocycles. The molecular weight excluding hydrogens is 168 g/mol. The van der Waals surface area contributed by atoms with Crippen LogP contribution in [0.2, 0.25) is 0 Å². The van der Waals surface area contributed by atoms with Gasteiger partial charge in [-0.3, -0.25) is 0 Å². The highest BCUT2D eigenvalue weighted by Gasteiger charge is 2.01. The summed E-state index contributed by atoms with van der Waals surface area (Å²) in [7, 11) is 0. The van der Waals surface area contributed by atoms with E-state index < -0.39 is 0 Å². The Labute approximate surface area is 56.8 Å². The third-order valence-electron chi connectivity index (χ3n) is 1.01. The quantitative estimate of drug-likeness (QED) is 0.592. The molecule has 0 unspecified atom stereocenters. The van der Waals surface area contributed by atoms with Gasteiger partial charge in [0.1, 0.15) is 0 Å². The molecule has 8 heavy (non-hydrogen) atoms. The summed E-state index contributed by atoms with van der Waals surface area (Å²) in [5.41, 5.74) is 0. The number of rotatable bonds is 0. The van der Waals surface area contributed by atoms with Gasteiger partial charge in [-0.2, -0.15) is 0 Å². The number of allylic oxidation sites excluding steroid dienone is 2. The first-order chi connectivity index (χ1) is 3.79. The van der Waals surface area contributed by atoms with Crippen molar-refractivity contribution in [2.75, 3.05) is 0 Å². The number of aliphatic hydroxyl groups is 1. The van der Waals surface area contributed by atoms with Crippen LogP contribution in [0.5, 0.6) is 0 Å². The highest BCUT2D eigenvalue weighted by atomic mass is 79.9. The highest BCUT2D eigenvalue weighted by molar-refractivity contribution is 9.11. The maximum absolute atomic E-state index is 8.92. The van der Waals surface area contributed by atoms with Crippen molar-refractivity contribution in [3.05, 3.63) is 22.7 Å². The number of hydrogen-bond donors (Lipinski definition) is 1. The van der Waals surface area contributed by atoms with Gasteiger partial charge in [0.25, 0.3) is 0 Å². The van der Waals surface area contributed by atoms with Crippen molar-refractivity contribution in [1.82, 2.24) is 0 Å². The summed E-state index contributed by atoms with van der Waals surface area (Å²) in [5, 5.41) is 8.92. The van der Waals surface area contributed by atoms with Crippen molar-refractivity contribution in [2.24, 2.45) is 0 Å². The minimum absolute atomic E-state index is 0.283. The summed E-state index contributed by atoms with van der Waals surface area (Å²) >= 11 is 3.24. The minimum Gasteiger partial charge on any atom is -0.389 e. The average molecular weight is 175 g/mol. The topological polar surface area (TPSA) is 20.2 Å². The molecule has 0 aromatic rings. The van der Waals surface area contributed by atoms with Crippen molar-refractivity contribution in [1.29, 1.82) is 0 Å². The SMILES string of the molecule is O[C@@H]1C=C(Br)C=CC1. The second-order valence-electron chi connectivity index (χ2n) is 1.76. The molecule has 0 radical (unpaired) electrons. The number of aliphatic hydroxyl groups excluding tert-OH is 1. The summed E-state index contributed by atoms with van der Waals surface area (Å²) in [6, 6.07) is 0. The van der Waals surface area contributed by atoms with Gasteiger partial charge < -0.3 is 5.11 Å². The van der Waals surface area contributed by atoms with Crippen LogP contribution < -0.4 is 0 Å². The molecule has 1 aliphatic rings. The lowest BCUT2D eigenvalue weighted by Gasteiger charge is -2.05. The van der Waals surface area contributed by atoms with Crippen LogP contribution in [-0.2, 0) is 0 Å². The van der Waals surface area contributed by atoms with Crippen molar-refractivity contribution < 1.29 is 5.11 Å². The van der Waals surface area contributed by atoms with E-state index in [-0.39, 0.29) is 6.10 Å². The lowest BCUT2D eigenvalue weighted by molar-refractivity contribution is 0.225. The Morgan fingerprint density at radius 3 is 2.88 bits per heavy atom. The first kappa shape index (κ1) is 6.05. The van der Waals surface area contributed by atoms with Gasteiger partial charge in [0.05, 0.1) is 6.10 Å². The Hall–Kier alpha value is -0.0800. The molecule has 0 spiro atoms. The van der Waals surface area contributed by atoms with Crippen LogP contribution in [-0.4, -0.2) is 11.2 Å². The second kappa shape index (κ2) is 2.46. The Morgan fingerprint density at radius 1 is 1.75 bits per heavy atom. The average Bonchev–Trinajstić information content (AvgIpc) is 1.64. The molecule has 1 atom stereocenters. The van der Waals surface area contributed by atoms with Gasteiger partial charge in [-0.15, -0.1) is 0 Å². The molecule has 0 amide bonds. The molecule has 1 rings (SSSR count). The fraction of sp³-hybridized carbons (Fsp3) is 0.333. The normalized spacial score (nSPS) is 27.8. The fourth-order valence-electron chi connectivity index (χ4n) is 0.627. The molecule has 2 heteroatoms. The maximum Gasteiger partial charge on any atom is 0.0769 e. The van der Waals surface area contributed by atoms with Crippen molar-refractivity contribution >= 4 is 15.9 Å². The van der Waals surface area contributed by atoms with E-state index in [0.717, 1.165) is 10.9 Å². The zero-order chi connectivity index (χ0) is 5.98. The predicted molar refractivity (Wildman–Crippen MR) is 36.8 cm³/mol. The van der Waals surface area contributed by atoms with E-state index in [2.05, 4.69) is 15.9 Å². The van der Waals surface area contributed by atoms with E-state index in [1.807, 2.05) is 12.2 Å². The van der Waals surface area contributed by atoms with E-state index in [4.69, 9.17) is 5.11 Å². The Balaban J connectivity index is 2.63. The van der Waals surface area contributed by atoms with Gasteiger partial charge in [-0.1, -0.05) is 28.1 Å². The fourth-order valence-corrected chi connectivity index (χ4v) is 1.12. The van der Waals surface area contributed by atoms with Crippen molar-refractivity contribution in [2.45, 2.75) is 12.5 Å². The standard InChI is InChI=1S/C6H7BrO/c7-5-2-1-3-6(8)4-5/h1-2,4,6,8H,3H2/t6-/m0/s1. The minimum atomic E-state index is -0.283. The molecule has 1 nitrogen and oxygen atoms in total. The molecule has 0 saturated heterocycles. The summed E-state index contributed by atoms with van der Waals surface area (Å²) in [6.45, 7) is 0. The third-order valence-corrected chi connectivity index (χ3v) is 1.53. The zero-order valence-corrected chi connectivity index (χ0v) is 5.93. The second-order valence-corrected chi connectivity index (χ2v) is 2.67. The van der Waals surface area contributed by atoms with Crippen LogP contribution >= 0.6 is 15.9 Å². The largest absolute Gasteiger partial charge is 0.389 e. The first-order valence-corrected chi connectivity index (χ1v) is 3.30. The van der Waals surface area contributed by atoms with Crippen LogP contribution in [0.4, 0.5) is 0 Å². The Kier molecular flexibility index (Phi) is 1.86. The zero-order valence-electron chi connectivity index (χ0n) is 4.34. The monoisotopic (exact) mass is 174 g/mol. The Morgan fingerprint density at radius 2 is 2.50 bits per heavy atom. The highest BCUT2D eigenvalue weighted by Crippen LogP contribution is 2.14. The number of hydrogen-bond acceptors (Lipinski definition) is 1. The van der Waals surface area contributed by atoms with Gasteiger partial charge in [0, 0.05) is 4.48 Å². The van der Waals surface area contributed by atoms with Gasteiger partial charge in [0.2, 0.25) is 0 Å². The van der Waals surface area contributed by atoms with Crippen LogP contribution in [0.25, 0.3) is 0 Å². The number of halogens is 1. The molecule has 0 bridgehead atoms. The maximum atomic E-state index is 8.92. The van der Waals surface area contributed by atoms with E-state index >= 15 is 0 Å². The van der Waals surface area contributed by atoms with E-state index in [9.17, 15) is 0 Å². The van der Waals surface area contributed by atoms with Gasteiger partial charge >= 0.3 is 0 Å². The predicted octanol–water partition coefficient (Wildman–Crippen LogP) is 1.59. The van der Waals surface area contributed by atoms with E-state index in [0.29, 0.717) is 0 Å². The summed E-state index contributed by atoms with van der Waals surface area (Å²) in [5.74, 6) is 0. The first-order valence-electron chi connectivity index (χ1n) is 2.51. The van der Waals surface area contributed by atoms with E-state index in [1.54, 1.807) is 6.08 Å². The third kappa shape index (κ3) is 1.46. The van der Waals surface area contributed by atoms with Gasteiger partial charge in [0.15, 0.2) is 0 Å². The molecule has 1 N–H and O–H groups in total. The summed E-state index contributed by atoms with van der Waals surface area (Å²) in [4.78, 5) is 0. The van der Waals surface area contributed by atoms with Crippen LogP contribution in [0.1, 0.15) is 6.42 Å². The van der Waals surface area contributed by atoms with E-state index in [1.165, 1.54) is 0 Å². The van der Waals surface area contributed by atoms with Crippen LogP contribution in [0.3, 0.4) is 0 Å². The molecule has 0 aromatic carbocycles. The van der Waals surface area contributed by atoms with Crippen molar-refractivity contribution in [3.8, 4) is 0 Å². The summed E-state index contributed by atoms with van der Waals surface area (Å²) in [6.07, 6.45) is 6.12. The van der Waals surface area contributed by atoms with Gasteiger partial charge in [-0.25, -0.2) is 0 Å². The lowest BCUT2D eigenvalue weighted by Crippen LogP contribution is -2.02. The molecule has 0 aromatic heterocycles. The summed E-state index contributed by atoms with van der Waals surface area (Å²) < 4.78 is 0.969. The smallest absolute Gasteiger partial charge is 0.0769 e. The van der Waals surface area contributed by atoms with Crippen LogP contribution in [0.15, 0.2) is 22.7 Å². The molecule has 0 heterocycles. The van der Waals surface area contributed by atoms with Crippen LogP contribution in [0, 0.1) is 0 Å². The van der Waals surface area contributed by atoms with Crippen molar-refractivity contribution in [3.63, 3.8) is 0 Å². The van der Waals surface area contributed by atoms with Gasteiger partial charge in [-0.05, 0) is 12.5 Å². The molecular formula is C6H7BrO.